The molecule has 9 nitrogen and oxygen atoms in total. The maximum atomic E-state index is 12.8. The highest BCUT2D eigenvalue weighted by Gasteiger charge is 2.32. The van der Waals surface area contributed by atoms with Gasteiger partial charge in [0.05, 0.1) is 6.54 Å². The van der Waals surface area contributed by atoms with Crippen LogP contribution < -0.4 is 15.4 Å². The molecule has 0 aromatic carbocycles. The van der Waals surface area contributed by atoms with Gasteiger partial charge in [0.2, 0.25) is 11.6 Å². The van der Waals surface area contributed by atoms with Crippen molar-refractivity contribution in [3.63, 3.8) is 0 Å². The lowest BCUT2D eigenvalue weighted by atomic mass is 10.1. The first-order valence-electron chi connectivity index (χ1n) is 9.51. The molecule has 2 aliphatic heterocycles. The van der Waals surface area contributed by atoms with Gasteiger partial charge in [-0.1, -0.05) is 0 Å². The third-order valence-electron chi connectivity index (χ3n) is 4.76. The largest absolute Gasteiger partial charge is 0.468 e. The highest BCUT2D eigenvalue weighted by molar-refractivity contribution is 6.05. The summed E-state index contributed by atoms with van der Waals surface area (Å²) in [7, 11) is 0. The molecule has 0 spiro atoms. The summed E-state index contributed by atoms with van der Waals surface area (Å²) in [6, 6.07) is 3.19. The first-order chi connectivity index (χ1) is 15.2. The average Bonchev–Trinajstić information content (AvgIpc) is 3.37. The minimum Gasteiger partial charge on any atom is -0.468 e. The number of hydrogen-bond acceptors (Lipinski definition) is 7. The summed E-state index contributed by atoms with van der Waals surface area (Å²) in [5.41, 5.74) is 2.01. The van der Waals surface area contributed by atoms with Crippen molar-refractivity contribution in [3.05, 3.63) is 58.7 Å². The van der Waals surface area contributed by atoms with Crippen LogP contribution in [0, 0.1) is 6.92 Å². The van der Waals surface area contributed by atoms with E-state index in [1.165, 1.54) is 23.5 Å². The topological polar surface area (TPSA) is 106 Å². The van der Waals surface area contributed by atoms with Crippen molar-refractivity contribution < 1.29 is 32.2 Å². The fourth-order valence-electron chi connectivity index (χ4n) is 3.35. The Bertz CT molecular complexity index is 1100. The molecule has 2 amide bonds. The van der Waals surface area contributed by atoms with Crippen LogP contribution in [-0.4, -0.2) is 46.2 Å². The Hall–Kier alpha value is -3.83. The number of nitrogens with zero attached hydrogens (tertiary/aromatic N) is 3. The monoisotopic (exact) mass is 449 g/mol. The summed E-state index contributed by atoms with van der Waals surface area (Å²) in [6.07, 6.45) is -0.227. The second kappa shape index (κ2) is 8.36. The van der Waals surface area contributed by atoms with Crippen LogP contribution in [-0.2, 0) is 22.6 Å². The number of rotatable bonds is 6. The van der Waals surface area contributed by atoms with Gasteiger partial charge in [0.15, 0.2) is 13.3 Å². The zero-order valence-corrected chi connectivity index (χ0v) is 16.8. The quantitative estimate of drug-likeness (QED) is 0.697. The van der Waals surface area contributed by atoms with Crippen LogP contribution in [0.1, 0.15) is 27.0 Å². The summed E-state index contributed by atoms with van der Waals surface area (Å²) in [6.45, 7) is 0.713. The van der Waals surface area contributed by atoms with Crippen molar-refractivity contribution >= 4 is 17.6 Å². The third kappa shape index (κ3) is 4.58. The summed E-state index contributed by atoms with van der Waals surface area (Å²) in [5, 5.41) is 5.41. The van der Waals surface area contributed by atoms with E-state index in [4.69, 9.17) is 9.47 Å². The number of aryl methyl sites for hydroxylation is 1. The van der Waals surface area contributed by atoms with E-state index in [-0.39, 0.29) is 43.2 Å². The van der Waals surface area contributed by atoms with Gasteiger partial charge in [-0.3, -0.25) is 9.59 Å². The molecule has 2 N–H and O–H groups in total. The zero-order chi connectivity index (χ0) is 22.9. The van der Waals surface area contributed by atoms with Crippen LogP contribution in [0.5, 0.6) is 5.88 Å². The van der Waals surface area contributed by atoms with Gasteiger partial charge in [0.1, 0.15) is 5.82 Å². The Morgan fingerprint density at radius 1 is 1.38 bits per heavy atom. The maximum absolute atomic E-state index is 12.8. The standard InChI is InChI=1S/C20H18F3N5O4/c1-11-4-12(5-26-18(11)31-9-20(21,22)23)7-28-8-14-13(19(28)30)2-3-25-16(14)27-17(29)15-6-24-10-32-15/h2-6,24H,7-10H2,1H3,(H,25,27,29). The fourth-order valence-corrected chi connectivity index (χ4v) is 3.35. The van der Waals surface area contributed by atoms with E-state index >= 15 is 0 Å². The summed E-state index contributed by atoms with van der Waals surface area (Å²) in [5.74, 6) is -0.499. The molecule has 0 fully saturated rings. The molecule has 0 bridgehead atoms. The van der Waals surface area contributed by atoms with E-state index in [2.05, 4.69) is 20.6 Å². The lowest BCUT2D eigenvalue weighted by molar-refractivity contribution is -0.154. The van der Waals surface area contributed by atoms with Crippen molar-refractivity contribution in [2.45, 2.75) is 26.2 Å². The molecule has 0 saturated heterocycles. The highest BCUT2D eigenvalue weighted by Crippen LogP contribution is 2.30. The first-order valence-corrected chi connectivity index (χ1v) is 9.51. The molecular weight excluding hydrogens is 431 g/mol. The van der Waals surface area contributed by atoms with E-state index in [1.54, 1.807) is 19.1 Å². The minimum absolute atomic E-state index is 0.111. The predicted octanol–water partition coefficient (Wildman–Crippen LogP) is 2.24. The number of alkyl halides is 3. The molecule has 168 valence electrons. The van der Waals surface area contributed by atoms with Gasteiger partial charge in [-0.15, -0.1) is 0 Å². The van der Waals surface area contributed by atoms with Crippen molar-refractivity contribution in [1.82, 2.24) is 20.2 Å². The van der Waals surface area contributed by atoms with Gasteiger partial charge < -0.3 is 25.0 Å². The van der Waals surface area contributed by atoms with Crippen LogP contribution in [0.15, 0.2) is 36.5 Å². The SMILES string of the molecule is Cc1cc(CN2Cc3c(ccnc3NC(=O)C3=CNCO3)C2=O)cnc1OCC(F)(F)F. The van der Waals surface area contributed by atoms with Gasteiger partial charge in [-0.25, -0.2) is 9.97 Å². The number of carbonyl (C=O) groups excluding carboxylic acids is 2. The third-order valence-corrected chi connectivity index (χ3v) is 4.76. The van der Waals surface area contributed by atoms with Gasteiger partial charge in [-0.2, -0.15) is 13.2 Å². The molecule has 4 rings (SSSR count). The molecule has 4 heterocycles. The second-order valence-electron chi connectivity index (χ2n) is 7.17. The number of pyridine rings is 2. The number of halogens is 3. The molecule has 0 saturated carbocycles. The number of hydrogen-bond donors (Lipinski definition) is 2. The van der Waals surface area contributed by atoms with E-state index in [0.29, 0.717) is 22.3 Å². The van der Waals surface area contributed by atoms with Crippen LogP contribution in [0.2, 0.25) is 0 Å². The van der Waals surface area contributed by atoms with E-state index < -0.39 is 18.7 Å². The molecule has 0 unspecified atom stereocenters. The van der Waals surface area contributed by atoms with Crippen LogP contribution >= 0.6 is 0 Å². The van der Waals surface area contributed by atoms with Crippen LogP contribution in [0.4, 0.5) is 19.0 Å². The Labute approximate surface area is 180 Å². The Kier molecular flexibility index (Phi) is 5.59. The fraction of sp³-hybridized carbons (Fsp3) is 0.300. The zero-order valence-electron chi connectivity index (χ0n) is 16.8. The van der Waals surface area contributed by atoms with Crippen LogP contribution in [0.25, 0.3) is 0 Å². The van der Waals surface area contributed by atoms with Gasteiger partial charge in [0, 0.05) is 41.8 Å². The number of anilines is 1. The molecule has 2 aromatic rings. The number of ether oxygens (including phenoxy) is 2. The maximum Gasteiger partial charge on any atom is 0.422 e. The van der Waals surface area contributed by atoms with Gasteiger partial charge in [-0.05, 0) is 24.6 Å². The molecule has 12 heteroatoms. The average molecular weight is 449 g/mol. The van der Waals surface area contributed by atoms with E-state index in [0.717, 1.165) is 0 Å². The first kappa shape index (κ1) is 21.4. The van der Waals surface area contributed by atoms with E-state index in [1.807, 2.05) is 0 Å². The molecule has 2 aromatic heterocycles. The van der Waals surface area contributed by atoms with Crippen molar-refractivity contribution in [1.29, 1.82) is 0 Å². The van der Waals surface area contributed by atoms with Crippen molar-refractivity contribution in [2.75, 3.05) is 18.7 Å². The normalized spacial score (nSPS) is 15.1. The molecule has 0 radical (unpaired) electrons. The number of amides is 2. The number of nitrogens with one attached hydrogen (secondary N) is 2. The molecule has 2 aliphatic rings. The lowest BCUT2D eigenvalue weighted by Crippen LogP contribution is -2.23. The summed E-state index contributed by atoms with van der Waals surface area (Å²) in [4.78, 5) is 34.8. The smallest absolute Gasteiger partial charge is 0.422 e. The molecule has 32 heavy (non-hydrogen) atoms. The highest BCUT2D eigenvalue weighted by atomic mass is 19.4. The Morgan fingerprint density at radius 2 is 2.19 bits per heavy atom. The molecular formula is C20H18F3N5O4. The minimum atomic E-state index is -4.46. The van der Waals surface area contributed by atoms with Crippen LogP contribution in [0.3, 0.4) is 0 Å². The Balaban J connectivity index is 1.46. The molecule has 0 atom stereocenters. The summed E-state index contributed by atoms with van der Waals surface area (Å²) < 4.78 is 46.9. The number of carbonyl (C=O) groups is 2. The van der Waals surface area contributed by atoms with Crippen molar-refractivity contribution in [2.24, 2.45) is 0 Å². The summed E-state index contributed by atoms with van der Waals surface area (Å²) >= 11 is 0. The van der Waals surface area contributed by atoms with Gasteiger partial charge in [0.25, 0.3) is 11.8 Å². The van der Waals surface area contributed by atoms with Gasteiger partial charge >= 0.3 is 6.18 Å². The number of fused-ring (bicyclic) bond motifs is 1. The van der Waals surface area contributed by atoms with Crippen molar-refractivity contribution in [3.8, 4) is 5.88 Å². The van der Waals surface area contributed by atoms with E-state index in [9.17, 15) is 22.8 Å². The number of aromatic nitrogens is 2. The molecule has 0 aliphatic carbocycles. The second-order valence-corrected chi connectivity index (χ2v) is 7.17. The Morgan fingerprint density at radius 3 is 2.88 bits per heavy atom. The predicted molar refractivity (Wildman–Crippen MR) is 104 cm³/mol. The lowest BCUT2D eigenvalue weighted by Gasteiger charge is -2.17.